The number of unbranched alkanes of at least 4 members (excludes halogenated alkanes) is 2. The van der Waals surface area contributed by atoms with E-state index in [9.17, 15) is 9.59 Å². The largest absolute Gasteiger partial charge is 0.497 e. The standard InChI is InChI=1S/C22H23ClN2O3S/c1-3-4-5-9-19(26)24-14-7-6-8-15(12-14)25-22(27)21-20(23)17-11-10-16(28-2)13-18(17)29-21/h6-8,10-13H,3-5,9H2,1-2H3,(H,24,26)(H,25,27). The van der Waals surface area contributed by atoms with Gasteiger partial charge in [0.25, 0.3) is 5.91 Å². The van der Waals surface area contributed by atoms with Crippen LogP contribution in [0.4, 0.5) is 11.4 Å². The van der Waals surface area contributed by atoms with E-state index in [0.29, 0.717) is 33.4 Å². The normalized spacial score (nSPS) is 10.7. The van der Waals surface area contributed by atoms with E-state index >= 15 is 0 Å². The molecule has 0 fully saturated rings. The number of carbonyl (C=O) groups excluding carboxylic acids is 2. The van der Waals surface area contributed by atoms with Crippen molar-refractivity contribution in [2.75, 3.05) is 17.7 Å². The molecule has 0 saturated carbocycles. The van der Waals surface area contributed by atoms with Gasteiger partial charge in [-0.25, -0.2) is 0 Å². The van der Waals surface area contributed by atoms with Gasteiger partial charge in [-0.3, -0.25) is 9.59 Å². The number of anilines is 2. The molecule has 3 aromatic rings. The number of halogens is 1. The summed E-state index contributed by atoms with van der Waals surface area (Å²) in [5.41, 5.74) is 1.24. The monoisotopic (exact) mass is 430 g/mol. The minimum atomic E-state index is -0.290. The van der Waals surface area contributed by atoms with Gasteiger partial charge in [-0.1, -0.05) is 37.4 Å². The summed E-state index contributed by atoms with van der Waals surface area (Å²) < 4.78 is 6.11. The van der Waals surface area contributed by atoms with Crippen LogP contribution in [0, 0.1) is 0 Å². The molecule has 0 unspecified atom stereocenters. The molecule has 152 valence electrons. The maximum atomic E-state index is 12.8. The molecule has 5 nitrogen and oxygen atoms in total. The Bertz CT molecular complexity index is 1030. The number of hydrogen-bond donors (Lipinski definition) is 2. The Balaban J connectivity index is 1.71. The topological polar surface area (TPSA) is 67.4 Å². The molecule has 0 saturated heterocycles. The highest BCUT2D eigenvalue weighted by atomic mass is 35.5. The third-order valence-electron chi connectivity index (χ3n) is 4.45. The van der Waals surface area contributed by atoms with E-state index in [4.69, 9.17) is 16.3 Å². The average molecular weight is 431 g/mol. The molecular weight excluding hydrogens is 408 g/mol. The van der Waals surface area contributed by atoms with Crippen molar-refractivity contribution in [2.45, 2.75) is 32.6 Å². The van der Waals surface area contributed by atoms with Crippen molar-refractivity contribution in [1.29, 1.82) is 0 Å². The number of carbonyl (C=O) groups is 2. The van der Waals surface area contributed by atoms with E-state index in [0.717, 1.165) is 29.3 Å². The van der Waals surface area contributed by atoms with Crippen molar-refractivity contribution >= 4 is 56.2 Å². The molecule has 0 radical (unpaired) electrons. The molecule has 0 atom stereocenters. The lowest BCUT2D eigenvalue weighted by molar-refractivity contribution is -0.116. The Morgan fingerprint density at radius 1 is 1.07 bits per heavy atom. The van der Waals surface area contributed by atoms with Crippen molar-refractivity contribution in [3.05, 3.63) is 52.4 Å². The quantitative estimate of drug-likeness (QED) is 0.410. The van der Waals surface area contributed by atoms with E-state index in [1.165, 1.54) is 11.3 Å². The van der Waals surface area contributed by atoms with Gasteiger partial charge in [-0.15, -0.1) is 11.3 Å². The Hall–Kier alpha value is -2.57. The highest BCUT2D eigenvalue weighted by Crippen LogP contribution is 2.37. The number of nitrogens with one attached hydrogen (secondary N) is 2. The molecule has 2 aromatic carbocycles. The number of amides is 2. The SMILES string of the molecule is CCCCCC(=O)Nc1cccc(NC(=O)c2sc3cc(OC)ccc3c2Cl)c1. The van der Waals surface area contributed by atoms with Crippen molar-refractivity contribution in [1.82, 2.24) is 0 Å². The van der Waals surface area contributed by atoms with Gasteiger partial charge in [0.1, 0.15) is 10.6 Å². The summed E-state index contributed by atoms with van der Waals surface area (Å²) in [7, 11) is 1.60. The van der Waals surface area contributed by atoms with E-state index in [-0.39, 0.29) is 11.8 Å². The summed E-state index contributed by atoms with van der Waals surface area (Å²) in [6.07, 6.45) is 3.46. The minimum absolute atomic E-state index is 0.0246. The zero-order valence-corrected chi connectivity index (χ0v) is 18.0. The van der Waals surface area contributed by atoms with Crippen LogP contribution in [0.5, 0.6) is 5.75 Å². The number of ether oxygens (including phenoxy) is 1. The Labute approximate surface area is 179 Å². The summed E-state index contributed by atoms with van der Waals surface area (Å²) >= 11 is 7.74. The fraction of sp³-hybridized carbons (Fsp3) is 0.273. The van der Waals surface area contributed by atoms with Crippen LogP contribution >= 0.6 is 22.9 Å². The van der Waals surface area contributed by atoms with Crippen LogP contribution in [0.15, 0.2) is 42.5 Å². The fourth-order valence-corrected chi connectivity index (χ4v) is 4.38. The van der Waals surface area contributed by atoms with Gasteiger partial charge >= 0.3 is 0 Å². The second kappa shape index (κ2) is 9.76. The number of hydrogen-bond acceptors (Lipinski definition) is 4. The second-order valence-corrected chi connectivity index (χ2v) is 8.08. The predicted octanol–water partition coefficient (Wildman–Crippen LogP) is 6.33. The zero-order chi connectivity index (χ0) is 20.8. The summed E-state index contributed by atoms with van der Waals surface area (Å²) in [5, 5.41) is 6.97. The smallest absolute Gasteiger partial charge is 0.267 e. The molecule has 29 heavy (non-hydrogen) atoms. The Morgan fingerprint density at radius 3 is 2.55 bits per heavy atom. The van der Waals surface area contributed by atoms with E-state index in [1.807, 2.05) is 18.2 Å². The third-order valence-corrected chi connectivity index (χ3v) is 6.11. The molecule has 0 aliphatic rings. The molecule has 0 spiro atoms. The van der Waals surface area contributed by atoms with Crippen LogP contribution in [-0.2, 0) is 4.79 Å². The maximum Gasteiger partial charge on any atom is 0.267 e. The number of benzene rings is 2. The van der Waals surface area contributed by atoms with E-state index in [2.05, 4.69) is 17.6 Å². The molecule has 2 N–H and O–H groups in total. The third kappa shape index (κ3) is 5.28. The number of rotatable bonds is 8. The van der Waals surface area contributed by atoms with Gasteiger partial charge in [-0.05, 0) is 42.8 Å². The molecule has 7 heteroatoms. The lowest BCUT2D eigenvalue weighted by atomic mass is 10.2. The summed E-state index contributed by atoms with van der Waals surface area (Å²) in [6.45, 7) is 2.10. The van der Waals surface area contributed by atoms with Crippen molar-refractivity contribution < 1.29 is 14.3 Å². The maximum absolute atomic E-state index is 12.8. The molecule has 1 aromatic heterocycles. The molecular formula is C22H23ClN2O3S. The van der Waals surface area contributed by atoms with Crippen LogP contribution < -0.4 is 15.4 Å². The first kappa shape index (κ1) is 21.1. The van der Waals surface area contributed by atoms with Crippen LogP contribution in [-0.4, -0.2) is 18.9 Å². The first-order valence-corrected chi connectivity index (χ1v) is 10.7. The molecule has 0 aliphatic carbocycles. The first-order chi connectivity index (χ1) is 14.0. The lowest BCUT2D eigenvalue weighted by Gasteiger charge is -2.08. The van der Waals surface area contributed by atoms with Gasteiger partial charge in [-0.2, -0.15) is 0 Å². The highest BCUT2D eigenvalue weighted by Gasteiger charge is 2.18. The van der Waals surface area contributed by atoms with Crippen LogP contribution in [0.2, 0.25) is 5.02 Å². The van der Waals surface area contributed by atoms with Crippen molar-refractivity contribution in [3.63, 3.8) is 0 Å². The summed E-state index contributed by atoms with van der Waals surface area (Å²) in [5.74, 6) is 0.398. The molecule has 1 heterocycles. The summed E-state index contributed by atoms with van der Waals surface area (Å²) in [4.78, 5) is 25.2. The minimum Gasteiger partial charge on any atom is -0.497 e. The van der Waals surface area contributed by atoms with Gasteiger partial charge < -0.3 is 15.4 Å². The van der Waals surface area contributed by atoms with Crippen LogP contribution in [0.3, 0.4) is 0 Å². The Kier molecular flexibility index (Phi) is 7.12. The van der Waals surface area contributed by atoms with Crippen LogP contribution in [0.1, 0.15) is 42.3 Å². The molecule has 0 bridgehead atoms. The first-order valence-electron chi connectivity index (χ1n) is 9.49. The molecule has 3 rings (SSSR count). The predicted molar refractivity (Wildman–Crippen MR) is 121 cm³/mol. The zero-order valence-electron chi connectivity index (χ0n) is 16.4. The molecule has 0 aliphatic heterocycles. The van der Waals surface area contributed by atoms with E-state index in [1.54, 1.807) is 31.4 Å². The lowest BCUT2D eigenvalue weighted by Crippen LogP contribution is -2.13. The van der Waals surface area contributed by atoms with Crippen molar-refractivity contribution in [3.8, 4) is 5.75 Å². The fourth-order valence-electron chi connectivity index (χ4n) is 2.94. The second-order valence-electron chi connectivity index (χ2n) is 6.65. The van der Waals surface area contributed by atoms with Gasteiger partial charge in [0.15, 0.2) is 0 Å². The van der Waals surface area contributed by atoms with Gasteiger partial charge in [0.05, 0.1) is 12.1 Å². The summed E-state index contributed by atoms with van der Waals surface area (Å²) in [6, 6.07) is 12.6. The average Bonchev–Trinajstić information content (AvgIpc) is 3.04. The Morgan fingerprint density at radius 2 is 1.83 bits per heavy atom. The van der Waals surface area contributed by atoms with Crippen molar-refractivity contribution in [2.24, 2.45) is 0 Å². The van der Waals surface area contributed by atoms with Crippen LogP contribution in [0.25, 0.3) is 10.1 Å². The van der Waals surface area contributed by atoms with E-state index < -0.39 is 0 Å². The number of fused-ring (bicyclic) bond motifs is 1. The number of thiophene rings is 1. The number of methoxy groups -OCH3 is 1. The molecule has 2 amide bonds. The highest BCUT2D eigenvalue weighted by molar-refractivity contribution is 7.21. The van der Waals surface area contributed by atoms with Gasteiger partial charge in [0.2, 0.25) is 5.91 Å². The van der Waals surface area contributed by atoms with Gasteiger partial charge in [0, 0.05) is 27.9 Å².